The molecule has 0 aromatic carbocycles. The maximum Gasteiger partial charge on any atom is 0.346 e. The van der Waals surface area contributed by atoms with E-state index in [0.717, 1.165) is 11.8 Å². The summed E-state index contributed by atoms with van der Waals surface area (Å²) in [6, 6.07) is 0. The number of hydrogen-bond acceptors (Lipinski definition) is 5. The van der Waals surface area contributed by atoms with E-state index >= 15 is 0 Å². The molecular formula is C10H15NO4S. The fourth-order valence-corrected chi connectivity index (χ4v) is 2.62. The number of carbonyl (C=O) groups is 2. The van der Waals surface area contributed by atoms with Gasteiger partial charge in [0.05, 0.1) is 13.7 Å². The number of ether oxygens (including phenoxy) is 1. The van der Waals surface area contributed by atoms with E-state index in [9.17, 15) is 14.7 Å². The van der Waals surface area contributed by atoms with E-state index in [1.165, 1.54) is 18.9 Å². The van der Waals surface area contributed by atoms with Gasteiger partial charge in [0.25, 0.3) is 0 Å². The Morgan fingerprint density at radius 3 is 2.69 bits per heavy atom. The number of β-amino-alcohol motifs (C(OH)–C–C–N with tert-alkyl or cyclic N) is 1. The highest BCUT2D eigenvalue weighted by Gasteiger charge is 2.31. The number of rotatable bonds is 2. The summed E-state index contributed by atoms with van der Waals surface area (Å²) in [6.07, 6.45) is 0.545. The second-order valence-electron chi connectivity index (χ2n) is 3.32. The fourth-order valence-electron chi connectivity index (χ4n) is 1.56. The lowest BCUT2D eigenvalue weighted by molar-refractivity contribution is -0.135. The summed E-state index contributed by atoms with van der Waals surface area (Å²) in [7, 11) is 1.28. The summed E-state index contributed by atoms with van der Waals surface area (Å²) in [6.45, 7) is 3.48. The van der Waals surface area contributed by atoms with Gasteiger partial charge in [-0.1, -0.05) is 18.7 Å². The maximum atomic E-state index is 11.5. The van der Waals surface area contributed by atoms with Crippen LogP contribution >= 0.6 is 11.8 Å². The lowest BCUT2D eigenvalue weighted by atomic mass is 10.2. The molecule has 1 heterocycles. The number of hydrogen-bond donors (Lipinski definition) is 1. The van der Waals surface area contributed by atoms with Gasteiger partial charge in [-0.15, -0.1) is 0 Å². The van der Waals surface area contributed by atoms with Gasteiger partial charge >= 0.3 is 5.97 Å². The van der Waals surface area contributed by atoms with Gasteiger partial charge in [-0.05, 0) is 6.42 Å². The molecule has 0 saturated heterocycles. The minimum absolute atomic E-state index is 0.183. The number of aliphatic hydroxyl groups is 1. The molecule has 0 aromatic rings. The van der Waals surface area contributed by atoms with Crippen LogP contribution in [0.4, 0.5) is 0 Å². The average molecular weight is 245 g/mol. The number of nitrogens with zero attached hydrogens (tertiary/aromatic N) is 1. The molecule has 1 aliphatic heterocycles. The number of carbonyl (C=O) groups excluding carboxylic acids is 2. The molecule has 1 rings (SSSR count). The van der Waals surface area contributed by atoms with Crippen LogP contribution in [0.2, 0.25) is 0 Å². The van der Waals surface area contributed by atoms with E-state index in [2.05, 4.69) is 4.74 Å². The van der Waals surface area contributed by atoms with E-state index in [4.69, 9.17) is 0 Å². The minimum Gasteiger partial charge on any atom is -0.465 e. The molecule has 0 aromatic heterocycles. The molecule has 6 heteroatoms. The Hall–Kier alpha value is -1.01. The quantitative estimate of drug-likeness (QED) is 0.725. The molecular weight excluding hydrogens is 230 g/mol. The average Bonchev–Trinajstić information content (AvgIpc) is 2.26. The van der Waals surface area contributed by atoms with E-state index in [1.54, 1.807) is 0 Å². The van der Waals surface area contributed by atoms with E-state index < -0.39 is 11.4 Å². The van der Waals surface area contributed by atoms with E-state index in [1.807, 2.05) is 6.92 Å². The lowest BCUT2D eigenvalue weighted by Gasteiger charge is -2.32. The van der Waals surface area contributed by atoms with Crippen LogP contribution in [0.3, 0.4) is 0 Å². The Bertz CT molecular complexity index is 340. The number of methoxy groups -OCH3 is 1. The van der Waals surface area contributed by atoms with Crippen molar-refractivity contribution in [3.05, 3.63) is 10.6 Å². The van der Waals surface area contributed by atoms with Crippen LogP contribution in [0.5, 0.6) is 0 Å². The van der Waals surface area contributed by atoms with Crippen LogP contribution in [0.15, 0.2) is 10.6 Å². The Morgan fingerprint density at radius 1 is 1.62 bits per heavy atom. The molecule has 0 radical (unpaired) electrons. The molecule has 0 saturated carbocycles. The predicted molar refractivity (Wildman–Crippen MR) is 60.3 cm³/mol. The zero-order valence-corrected chi connectivity index (χ0v) is 10.3. The summed E-state index contributed by atoms with van der Waals surface area (Å²) < 4.78 is 4.63. The molecule has 1 amide bonds. The SMILES string of the molecule is CCC1=C(C(=O)OC)SC(O)CN1C(C)=O. The van der Waals surface area contributed by atoms with Crippen molar-refractivity contribution in [2.45, 2.75) is 25.7 Å². The molecule has 0 bridgehead atoms. The normalized spacial score (nSPS) is 21.0. The van der Waals surface area contributed by atoms with Gasteiger partial charge in [-0.25, -0.2) is 4.79 Å². The smallest absolute Gasteiger partial charge is 0.346 e. The molecule has 1 atom stereocenters. The van der Waals surface area contributed by atoms with Crippen molar-refractivity contribution in [2.24, 2.45) is 0 Å². The Balaban J connectivity index is 3.13. The molecule has 1 N–H and O–H groups in total. The zero-order valence-electron chi connectivity index (χ0n) is 9.52. The van der Waals surface area contributed by atoms with Crippen LogP contribution in [-0.2, 0) is 14.3 Å². The lowest BCUT2D eigenvalue weighted by Crippen LogP contribution is -2.39. The summed E-state index contributed by atoms with van der Waals surface area (Å²) in [5.41, 5.74) is -0.164. The number of thioether (sulfide) groups is 1. The van der Waals surface area contributed by atoms with Crippen LogP contribution in [0, 0.1) is 0 Å². The highest BCUT2D eigenvalue weighted by Crippen LogP contribution is 2.33. The van der Waals surface area contributed by atoms with Crippen molar-refractivity contribution in [1.82, 2.24) is 4.90 Å². The van der Waals surface area contributed by atoms with Crippen molar-refractivity contribution in [3.8, 4) is 0 Å². The number of allylic oxidation sites excluding steroid dienone is 1. The molecule has 16 heavy (non-hydrogen) atoms. The fraction of sp³-hybridized carbons (Fsp3) is 0.600. The molecule has 90 valence electrons. The molecule has 0 spiro atoms. The molecule has 1 unspecified atom stereocenters. The van der Waals surface area contributed by atoms with Crippen LogP contribution in [0.25, 0.3) is 0 Å². The van der Waals surface area contributed by atoms with Crippen LogP contribution < -0.4 is 0 Å². The summed E-state index contributed by atoms with van der Waals surface area (Å²) in [5, 5.41) is 9.58. The first-order valence-electron chi connectivity index (χ1n) is 4.95. The highest BCUT2D eigenvalue weighted by atomic mass is 32.2. The van der Waals surface area contributed by atoms with Gasteiger partial charge in [0.15, 0.2) is 0 Å². The predicted octanol–water partition coefficient (Wildman–Crippen LogP) is 0.695. The third-order valence-electron chi connectivity index (χ3n) is 2.27. The van der Waals surface area contributed by atoms with Gasteiger partial charge < -0.3 is 14.7 Å². The Labute approximate surface area is 98.4 Å². The monoisotopic (exact) mass is 245 g/mol. The molecule has 0 fully saturated rings. The zero-order chi connectivity index (χ0) is 12.3. The van der Waals surface area contributed by atoms with E-state index in [0.29, 0.717) is 17.0 Å². The van der Waals surface area contributed by atoms with Gasteiger partial charge in [0.1, 0.15) is 10.3 Å². The molecule has 1 aliphatic rings. The van der Waals surface area contributed by atoms with Crippen LogP contribution in [0.1, 0.15) is 20.3 Å². The minimum atomic E-state index is -0.784. The van der Waals surface area contributed by atoms with Crippen LogP contribution in [-0.4, -0.2) is 41.0 Å². The van der Waals surface area contributed by atoms with Gasteiger partial charge in [0, 0.05) is 12.6 Å². The largest absolute Gasteiger partial charge is 0.465 e. The third-order valence-corrected chi connectivity index (χ3v) is 3.33. The first-order chi connectivity index (χ1) is 7.51. The van der Waals surface area contributed by atoms with Crippen molar-refractivity contribution < 1.29 is 19.4 Å². The summed E-state index contributed by atoms with van der Waals surface area (Å²) in [5.74, 6) is -0.690. The van der Waals surface area contributed by atoms with Gasteiger partial charge in [-0.3, -0.25) is 4.79 Å². The van der Waals surface area contributed by atoms with Crippen molar-refractivity contribution in [3.63, 3.8) is 0 Å². The first-order valence-corrected chi connectivity index (χ1v) is 5.83. The highest BCUT2D eigenvalue weighted by molar-refractivity contribution is 8.04. The Kier molecular flexibility index (Phi) is 4.37. The molecule has 0 aliphatic carbocycles. The standard InChI is InChI=1S/C10H15NO4S/c1-4-7-9(10(14)15-3)16-8(13)5-11(7)6(2)12/h8,13H,4-5H2,1-3H3. The summed E-state index contributed by atoms with van der Waals surface area (Å²) >= 11 is 1.04. The Morgan fingerprint density at radius 2 is 2.25 bits per heavy atom. The first kappa shape index (κ1) is 13.1. The maximum absolute atomic E-state index is 11.5. The van der Waals surface area contributed by atoms with Gasteiger partial charge in [0.2, 0.25) is 5.91 Å². The summed E-state index contributed by atoms with van der Waals surface area (Å²) in [4.78, 5) is 24.6. The van der Waals surface area contributed by atoms with E-state index in [-0.39, 0.29) is 12.5 Å². The van der Waals surface area contributed by atoms with Crippen molar-refractivity contribution in [2.75, 3.05) is 13.7 Å². The second-order valence-corrected chi connectivity index (χ2v) is 4.51. The van der Waals surface area contributed by atoms with Crippen molar-refractivity contribution in [1.29, 1.82) is 0 Å². The molecule has 5 nitrogen and oxygen atoms in total. The van der Waals surface area contributed by atoms with Crippen molar-refractivity contribution >= 4 is 23.6 Å². The van der Waals surface area contributed by atoms with Gasteiger partial charge in [-0.2, -0.15) is 0 Å². The third kappa shape index (κ3) is 2.56. The topological polar surface area (TPSA) is 66.8 Å². The number of aliphatic hydroxyl groups excluding tert-OH is 1. The number of amides is 1. The second kappa shape index (κ2) is 5.36. The number of esters is 1.